The number of hydrogen-bond acceptors (Lipinski definition) is 6. The molecule has 0 radical (unpaired) electrons. The summed E-state index contributed by atoms with van der Waals surface area (Å²) in [7, 11) is 1.86. The van der Waals surface area contributed by atoms with Crippen molar-refractivity contribution in [2.75, 3.05) is 11.1 Å². The standard InChI is InChI=1S/C24H23N7OS/c1-16-17(2)31(14-18-8-5-4-6-9-18)23(20(16)12-25)27-21(32)15-33-24-29-28-22(30(24)3)19-10-7-11-26-13-19/h4-11,13H,14-15H2,1-3H3,(H,27,32). The lowest BCUT2D eigenvalue weighted by Gasteiger charge is -2.13. The zero-order valence-electron chi connectivity index (χ0n) is 18.6. The van der Waals surface area contributed by atoms with E-state index in [2.05, 4.69) is 26.6 Å². The van der Waals surface area contributed by atoms with Gasteiger partial charge in [0.1, 0.15) is 11.9 Å². The van der Waals surface area contributed by atoms with Gasteiger partial charge in [-0.1, -0.05) is 42.1 Å². The zero-order valence-corrected chi connectivity index (χ0v) is 19.4. The van der Waals surface area contributed by atoms with Crippen LogP contribution in [0.4, 0.5) is 5.82 Å². The predicted octanol–water partition coefficient (Wildman–Crippen LogP) is 3.95. The fraction of sp³-hybridized carbons (Fsp3) is 0.208. The number of thioether (sulfide) groups is 1. The lowest BCUT2D eigenvalue weighted by molar-refractivity contribution is -0.113. The number of hydrogen-bond donors (Lipinski definition) is 1. The Labute approximate surface area is 196 Å². The first-order chi connectivity index (χ1) is 16.0. The van der Waals surface area contributed by atoms with Crippen LogP contribution < -0.4 is 5.32 Å². The molecule has 8 nitrogen and oxygen atoms in total. The molecule has 0 unspecified atom stereocenters. The molecule has 1 aromatic carbocycles. The summed E-state index contributed by atoms with van der Waals surface area (Å²) in [5.74, 6) is 1.13. The van der Waals surface area contributed by atoms with Crippen LogP contribution in [0.25, 0.3) is 11.4 Å². The minimum atomic E-state index is -0.214. The number of amides is 1. The molecule has 0 aliphatic carbocycles. The van der Waals surface area contributed by atoms with Crippen LogP contribution in [-0.4, -0.2) is 36.0 Å². The number of carbonyl (C=O) groups excluding carboxylic acids is 1. The molecular weight excluding hydrogens is 434 g/mol. The molecular formula is C24H23N7OS. The quantitative estimate of drug-likeness (QED) is 0.422. The normalized spacial score (nSPS) is 10.7. The number of carbonyl (C=O) groups is 1. The van der Waals surface area contributed by atoms with Crippen molar-refractivity contribution in [3.8, 4) is 17.5 Å². The highest BCUT2D eigenvalue weighted by molar-refractivity contribution is 7.99. The van der Waals surface area contributed by atoms with Crippen molar-refractivity contribution in [2.45, 2.75) is 25.5 Å². The third kappa shape index (κ3) is 4.66. The van der Waals surface area contributed by atoms with Crippen molar-refractivity contribution in [3.05, 3.63) is 77.2 Å². The van der Waals surface area contributed by atoms with E-state index < -0.39 is 0 Å². The summed E-state index contributed by atoms with van der Waals surface area (Å²) in [6, 6.07) is 16.0. The van der Waals surface area contributed by atoms with Crippen molar-refractivity contribution in [2.24, 2.45) is 7.05 Å². The van der Waals surface area contributed by atoms with Crippen LogP contribution in [0.2, 0.25) is 0 Å². The summed E-state index contributed by atoms with van der Waals surface area (Å²) >= 11 is 1.29. The van der Waals surface area contributed by atoms with Crippen LogP contribution in [0.15, 0.2) is 60.0 Å². The second kappa shape index (κ2) is 9.71. The van der Waals surface area contributed by atoms with Crippen molar-refractivity contribution < 1.29 is 4.79 Å². The van der Waals surface area contributed by atoms with E-state index in [1.807, 2.05) is 72.5 Å². The van der Waals surface area contributed by atoms with E-state index in [1.54, 1.807) is 12.4 Å². The van der Waals surface area contributed by atoms with Gasteiger partial charge < -0.3 is 14.5 Å². The smallest absolute Gasteiger partial charge is 0.235 e. The third-order valence-electron chi connectivity index (χ3n) is 5.47. The number of benzene rings is 1. The molecule has 33 heavy (non-hydrogen) atoms. The molecule has 1 amide bonds. The molecule has 3 aromatic heterocycles. The summed E-state index contributed by atoms with van der Waals surface area (Å²) < 4.78 is 3.82. The maximum atomic E-state index is 12.8. The highest BCUT2D eigenvalue weighted by Crippen LogP contribution is 2.28. The monoisotopic (exact) mass is 457 g/mol. The second-order valence-corrected chi connectivity index (χ2v) is 8.50. The van der Waals surface area contributed by atoms with E-state index >= 15 is 0 Å². The molecule has 4 rings (SSSR count). The van der Waals surface area contributed by atoms with Crippen LogP contribution >= 0.6 is 11.8 Å². The summed E-state index contributed by atoms with van der Waals surface area (Å²) in [6.07, 6.45) is 3.42. The molecule has 0 bridgehead atoms. The Kier molecular flexibility index (Phi) is 6.56. The number of nitriles is 1. The van der Waals surface area contributed by atoms with Gasteiger partial charge in [-0.3, -0.25) is 9.78 Å². The topological polar surface area (TPSA) is 101 Å². The Morgan fingerprint density at radius 1 is 1.15 bits per heavy atom. The first kappa shape index (κ1) is 22.3. The minimum Gasteiger partial charge on any atom is -0.326 e. The van der Waals surface area contributed by atoms with Gasteiger partial charge in [0.05, 0.1) is 11.3 Å². The van der Waals surface area contributed by atoms with E-state index in [0.29, 0.717) is 28.9 Å². The molecule has 0 saturated carbocycles. The molecule has 0 aliphatic rings. The van der Waals surface area contributed by atoms with Gasteiger partial charge in [-0.25, -0.2) is 0 Å². The zero-order chi connectivity index (χ0) is 23.4. The Bertz CT molecular complexity index is 1320. The van der Waals surface area contributed by atoms with Gasteiger partial charge >= 0.3 is 0 Å². The summed E-state index contributed by atoms with van der Waals surface area (Å²) in [6.45, 7) is 4.43. The summed E-state index contributed by atoms with van der Waals surface area (Å²) in [5.41, 5.74) is 4.25. The van der Waals surface area contributed by atoms with E-state index in [0.717, 1.165) is 22.4 Å². The van der Waals surface area contributed by atoms with Crippen LogP contribution in [0.1, 0.15) is 22.4 Å². The van der Waals surface area contributed by atoms with Gasteiger partial charge in [-0.2, -0.15) is 5.26 Å². The fourth-order valence-corrected chi connectivity index (χ4v) is 4.29. The SMILES string of the molecule is Cc1c(C#N)c(NC(=O)CSc2nnc(-c3cccnc3)n2C)n(Cc2ccccc2)c1C. The highest BCUT2D eigenvalue weighted by Gasteiger charge is 2.20. The summed E-state index contributed by atoms with van der Waals surface area (Å²) in [4.78, 5) is 17.0. The average molecular weight is 458 g/mol. The molecule has 3 heterocycles. The maximum absolute atomic E-state index is 12.8. The van der Waals surface area contributed by atoms with Crippen LogP contribution in [0.5, 0.6) is 0 Å². The molecule has 0 atom stereocenters. The van der Waals surface area contributed by atoms with E-state index in [9.17, 15) is 10.1 Å². The van der Waals surface area contributed by atoms with Gasteiger partial charge in [-0.15, -0.1) is 10.2 Å². The highest BCUT2D eigenvalue weighted by atomic mass is 32.2. The number of anilines is 1. The maximum Gasteiger partial charge on any atom is 0.235 e. The summed E-state index contributed by atoms with van der Waals surface area (Å²) in [5, 5.41) is 21.7. The van der Waals surface area contributed by atoms with Crippen LogP contribution in [-0.2, 0) is 18.4 Å². The van der Waals surface area contributed by atoms with Gasteiger partial charge in [0.15, 0.2) is 11.0 Å². The molecule has 1 N–H and O–H groups in total. The van der Waals surface area contributed by atoms with Crippen LogP contribution in [0.3, 0.4) is 0 Å². The Morgan fingerprint density at radius 3 is 2.64 bits per heavy atom. The number of nitrogens with one attached hydrogen (secondary N) is 1. The number of nitrogens with zero attached hydrogens (tertiary/aromatic N) is 6. The minimum absolute atomic E-state index is 0.137. The Morgan fingerprint density at radius 2 is 1.94 bits per heavy atom. The second-order valence-electron chi connectivity index (χ2n) is 7.56. The van der Waals surface area contributed by atoms with E-state index in [-0.39, 0.29) is 11.7 Å². The number of aromatic nitrogens is 5. The largest absolute Gasteiger partial charge is 0.326 e. The molecule has 0 spiro atoms. The Hall–Kier alpha value is -3.90. The van der Waals surface area contributed by atoms with Gasteiger partial charge in [0.25, 0.3) is 0 Å². The van der Waals surface area contributed by atoms with E-state index in [4.69, 9.17) is 0 Å². The lowest BCUT2D eigenvalue weighted by Crippen LogP contribution is -2.19. The first-order valence-corrected chi connectivity index (χ1v) is 11.3. The van der Waals surface area contributed by atoms with Gasteiger partial charge in [0.2, 0.25) is 5.91 Å². The molecule has 0 saturated heterocycles. The van der Waals surface area contributed by atoms with Crippen molar-refractivity contribution in [1.82, 2.24) is 24.3 Å². The fourth-order valence-electron chi connectivity index (χ4n) is 3.58. The van der Waals surface area contributed by atoms with Crippen LogP contribution in [0, 0.1) is 25.2 Å². The molecule has 9 heteroatoms. The van der Waals surface area contributed by atoms with E-state index in [1.165, 1.54) is 11.8 Å². The molecule has 0 aliphatic heterocycles. The van der Waals surface area contributed by atoms with Gasteiger partial charge in [-0.05, 0) is 37.1 Å². The van der Waals surface area contributed by atoms with Crippen molar-refractivity contribution >= 4 is 23.5 Å². The lowest BCUT2D eigenvalue weighted by atomic mass is 10.2. The average Bonchev–Trinajstić information content (AvgIpc) is 3.31. The predicted molar refractivity (Wildman–Crippen MR) is 128 cm³/mol. The van der Waals surface area contributed by atoms with Crippen molar-refractivity contribution in [1.29, 1.82) is 5.26 Å². The number of pyridine rings is 1. The van der Waals surface area contributed by atoms with Gasteiger partial charge in [0, 0.05) is 37.2 Å². The number of rotatable bonds is 7. The first-order valence-electron chi connectivity index (χ1n) is 10.4. The third-order valence-corrected chi connectivity index (χ3v) is 6.49. The van der Waals surface area contributed by atoms with Crippen molar-refractivity contribution in [3.63, 3.8) is 0 Å². The molecule has 0 fully saturated rings. The molecule has 166 valence electrons. The Balaban J connectivity index is 1.51. The molecule has 4 aromatic rings.